The predicted molar refractivity (Wildman–Crippen MR) is 94.5 cm³/mol. The van der Waals surface area contributed by atoms with Crippen molar-refractivity contribution in [2.45, 2.75) is 50.2 Å². The summed E-state index contributed by atoms with van der Waals surface area (Å²) in [6, 6.07) is 1.61. The van der Waals surface area contributed by atoms with Gasteiger partial charge in [-0.05, 0) is 38.2 Å². The summed E-state index contributed by atoms with van der Waals surface area (Å²) in [7, 11) is 0. The number of carbonyl (C=O) groups is 2. The number of nitrogens with one attached hydrogen (secondary N) is 3. The smallest absolute Gasteiger partial charge is 0.325 e. The van der Waals surface area contributed by atoms with E-state index in [9.17, 15) is 19.2 Å². The Kier molecular flexibility index (Phi) is 4.43. The summed E-state index contributed by atoms with van der Waals surface area (Å²) < 4.78 is 5.03. The van der Waals surface area contributed by atoms with E-state index in [0.717, 1.165) is 25.5 Å². The SMILES string of the molecule is O=C(NC1C[C@H]2CCC[C@@H](C1)N2C(=O)c1ccoc1)c1c[nH]c(=O)[nH]c1=O. The minimum Gasteiger partial charge on any atom is -0.472 e. The van der Waals surface area contributed by atoms with Gasteiger partial charge < -0.3 is 19.6 Å². The molecule has 2 aliphatic rings. The summed E-state index contributed by atoms with van der Waals surface area (Å²) >= 11 is 0. The summed E-state index contributed by atoms with van der Waals surface area (Å²) in [5, 5.41) is 2.88. The van der Waals surface area contributed by atoms with E-state index in [1.807, 2.05) is 9.88 Å². The van der Waals surface area contributed by atoms with E-state index >= 15 is 0 Å². The van der Waals surface area contributed by atoms with Crippen molar-refractivity contribution in [2.24, 2.45) is 0 Å². The van der Waals surface area contributed by atoms with Gasteiger partial charge in [0.1, 0.15) is 11.8 Å². The van der Waals surface area contributed by atoms with Crippen molar-refractivity contribution in [2.75, 3.05) is 0 Å². The second-order valence-corrected chi connectivity index (χ2v) is 7.09. The number of H-pyrrole nitrogens is 2. The number of nitrogens with zero attached hydrogens (tertiary/aromatic N) is 1. The first-order valence-electron chi connectivity index (χ1n) is 9.00. The van der Waals surface area contributed by atoms with Gasteiger partial charge in [-0.3, -0.25) is 19.4 Å². The molecular formula is C18H20N4O5. The molecule has 2 aliphatic heterocycles. The zero-order valence-corrected chi connectivity index (χ0v) is 14.6. The molecule has 2 amide bonds. The molecule has 0 aromatic carbocycles. The number of furan rings is 1. The Morgan fingerprint density at radius 1 is 1.19 bits per heavy atom. The standard InChI is InChI=1S/C18H20N4O5/c23-15(14-8-19-18(26)21-16(14)24)20-11-6-12-2-1-3-13(7-11)22(12)17(25)10-4-5-27-9-10/h4-5,8-9,11-13H,1-3,6-7H2,(H,20,23)(H2,19,21,24,26)/t11?,12-,13+. The average molecular weight is 372 g/mol. The molecule has 2 fully saturated rings. The summed E-state index contributed by atoms with van der Waals surface area (Å²) in [5.41, 5.74) is -0.966. The van der Waals surface area contributed by atoms with E-state index < -0.39 is 17.2 Å². The number of carbonyl (C=O) groups excluding carboxylic acids is 2. The van der Waals surface area contributed by atoms with Crippen LogP contribution in [0.15, 0.2) is 38.8 Å². The largest absolute Gasteiger partial charge is 0.472 e. The fourth-order valence-corrected chi connectivity index (χ4v) is 4.21. The van der Waals surface area contributed by atoms with E-state index in [1.165, 1.54) is 12.5 Å². The molecule has 9 heteroatoms. The van der Waals surface area contributed by atoms with Crippen molar-refractivity contribution in [3.8, 4) is 0 Å². The molecule has 3 N–H and O–H groups in total. The topological polar surface area (TPSA) is 128 Å². The Hall–Kier alpha value is -3.10. The molecule has 142 valence electrons. The maximum atomic E-state index is 12.8. The Morgan fingerprint density at radius 3 is 2.56 bits per heavy atom. The van der Waals surface area contributed by atoms with Crippen LogP contribution in [0, 0.1) is 0 Å². The Labute approximate surface area is 153 Å². The van der Waals surface area contributed by atoms with Gasteiger partial charge in [-0.2, -0.15) is 0 Å². The lowest BCUT2D eigenvalue weighted by Gasteiger charge is -2.48. The van der Waals surface area contributed by atoms with E-state index in [1.54, 1.807) is 6.07 Å². The molecule has 0 spiro atoms. The van der Waals surface area contributed by atoms with Crippen molar-refractivity contribution in [3.63, 3.8) is 0 Å². The third kappa shape index (κ3) is 3.32. The summed E-state index contributed by atoms with van der Waals surface area (Å²) in [6.45, 7) is 0. The number of amides is 2. The van der Waals surface area contributed by atoms with Gasteiger partial charge in [0.05, 0.1) is 11.8 Å². The highest BCUT2D eigenvalue weighted by Crippen LogP contribution is 2.35. The molecule has 4 heterocycles. The first kappa shape index (κ1) is 17.3. The second kappa shape index (κ2) is 6.90. The van der Waals surface area contributed by atoms with Gasteiger partial charge in [-0.15, -0.1) is 0 Å². The quantitative estimate of drug-likeness (QED) is 0.727. The van der Waals surface area contributed by atoms with Crippen LogP contribution in [0.1, 0.15) is 52.8 Å². The minimum atomic E-state index is -0.719. The summed E-state index contributed by atoms with van der Waals surface area (Å²) in [5.74, 6) is -0.564. The number of aromatic amines is 2. The molecule has 2 aromatic rings. The third-order valence-corrected chi connectivity index (χ3v) is 5.38. The number of hydrogen-bond donors (Lipinski definition) is 3. The zero-order chi connectivity index (χ0) is 19.0. The van der Waals surface area contributed by atoms with Gasteiger partial charge >= 0.3 is 5.69 Å². The number of aromatic nitrogens is 2. The highest BCUT2D eigenvalue weighted by molar-refractivity contribution is 5.95. The summed E-state index contributed by atoms with van der Waals surface area (Å²) in [4.78, 5) is 54.4. The van der Waals surface area contributed by atoms with Gasteiger partial charge in [-0.1, -0.05) is 0 Å². The van der Waals surface area contributed by atoms with Gasteiger partial charge in [-0.25, -0.2) is 4.79 Å². The van der Waals surface area contributed by atoms with E-state index in [-0.39, 0.29) is 29.6 Å². The van der Waals surface area contributed by atoms with Crippen LogP contribution in [0.25, 0.3) is 0 Å². The van der Waals surface area contributed by atoms with Crippen LogP contribution in [0.5, 0.6) is 0 Å². The van der Waals surface area contributed by atoms with Crippen LogP contribution in [0.2, 0.25) is 0 Å². The maximum absolute atomic E-state index is 12.8. The van der Waals surface area contributed by atoms with Crippen molar-refractivity contribution >= 4 is 11.8 Å². The van der Waals surface area contributed by atoms with E-state index in [2.05, 4.69) is 10.3 Å². The molecule has 3 atom stereocenters. The lowest BCUT2D eigenvalue weighted by molar-refractivity contribution is 0.0206. The van der Waals surface area contributed by atoms with Crippen LogP contribution in [-0.4, -0.2) is 44.8 Å². The van der Waals surface area contributed by atoms with E-state index in [0.29, 0.717) is 18.4 Å². The Balaban J connectivity index is 1.48. The van der Waals surface area contributed by atoms with Crippen LogP contribution < -0.4 is 16.6 Å². The molecule has 2 bridgehead atoms. The molecule has 4 rings (SSSR count). The van der Waals surface area contributed by atoms with Gasteiger partial charge in [0, 0.05) is 24.3 Å². The number of hydrogen-bond acceptors (Lipinski definition) is 5. The molecule has 2 aromatic heterocycles. The zero-order valence-electron chi connectivity index (χ0n) is 14.6. The molecule has 1 unspecified atom stereocenters. The van der Waals surface area contributed by atoms with Gasteiger partial charge in [0.2, 0.25) is 0 Å². The first-order chi connectivity index (χ1) is 13.0. The fraction of sp³-hybridized carbons (Fsp3) is 0.444. The third-order valence-electron chi connectivity index (χ3n) is 5.38. The molecule has 0 radical (unpaired) electrons. The monoisotopic (exact) mass is 372 g/mol. The lowest BCUT2D eigenvalue weighted by Crippen LogP contribution is -2.59. The molecule has 9 nitrogen and oxygen atoms in total. The van der Waals surface area contributed by atoms with Crippen LogP contribution in [0.3, 0.4) is 0 Å². The molecule has 27 heavy (non-hydrogen) atoms. The number of fused-ring (bicyclic) bond motifs is 2. The van der Waals surface area contributed by atoms with Crippen molar-refractivity contribution in [1.82, 2.24) is 20.2 Å². The van der Waals surface area contributed by atoms with Crippen molar-refractivity contribution < 1.29 is 14.0 Å². The highest BCUT2D eigenvalue weighted by atomic mass is 16.3. The predicted octanol–water partition coefficient (Wildman–Crippen LogP) is 0.612. The Bertz CT molecular complexity index is 947. The average Bonchev–Trinajstić information content (AvgIpc) is 3.15. The Morgan fingerprint density at radius 2 is 1.93 bits per heavy atom. The highest BCUT2D eigenvalue weighted by Gasteiger charge is 2.41. The molecule has 0 aliphatic carbocycles. The second-order valence-electron chi connectivity index (χ2n) is 7.09. The number of piperidine rings is 2. The molecular weight excluding hydrogens is 352 g/mol. The van der Waals surface area contributed by atoms with Gasteiger partial charge in [0.15, 0.2) is 0 Å². The van der Waals surface area contributed by atoms with Crippen molar-refractivity contribution in [3.05, 3.63) is 56.8 Å². The minimum absolute atomic E-state index is 0.0408. The normalized spacial score (nSPS) is 24.4. The van der Waals surface area contributed by atoms with Crippen LogP contribution in [0.4, 0.5) is 0 Å². The lowest BCUT2D eigenvalue weighted by atomic mass is 9.81. The van der Waals surface area contributed by atoms with Crippen molar-refractivity contribution in [1.29, 1.82) is 0 Å². The maximum Gasteiger partial charge on any atom is 0.325 e. The van der Waals surface area contributed by atoms with Crippen LogP contribution >= 0.6 is 0 Å². The van der Waals surface area contributed by atoms with Gasteiger partial charge in [0.25, 0.3) is 17.4 Å². The molecule has 2 saturated heterocycles. The fourth-order valence-electron chi connectivity index (χ4n) is 4.21. The first-order valence-corrected chi connectivity index (χ1v) is 9.00. The molecule has 0 saturated carbocycles. The van der Waals surface area contributed by atoms with E-state index in [4.69, 9.17) is 4.42 Å². The van der Waals surface area contributed by atoms with Crippen LogP contribution in [-0.2, 0) is 0 Å². The summed E-state index contributed by atoms with van der Waals surface area (Å²) in [6.07, 6.45) is 8.13. The number of rotatable bonds is 3.